The average molecular weight is 1370 g/mol. The van der Waals surface area contributed by atoms with Gasteiger partial charge >= 0.3 is 46.1 Å². The van der Waals surface area contributed by atoms with Crippen molar-refractivity contribution in [2.45, 2.75) is 68.0 Å². The molecule has 0 saturated heterocycles. The number of ketones is 1. The Labute approximate surface area is 447 Å². The topological polar surface area (TPSA) is 93.5 Å². The Kier molecular flexibility index (Phi) is 49.2. The third kappa shape index (κ3) is 49.7. The van der Waals surface area contributed by atoms with Crippen LogP contribution in [-0.2, 0) is 23.9 Å². The summed E-state index contributed by atoms with van der Waals surface area (Å²) in [7, 11) is 0. The number of hydrogen-bond acceptors (Lipinski definition) is 6. The van der Waals surface area contributed by atoms with Crippen molar-refractivity contribution in [3.05, 3.63) is 0 Å². The number of alkyl halides is 34. The lowest BCUT2D eigenvalue weighted by Gasteiger charge is -2.26. The van der Waals surface area contributed by atoms with Crippen LogP contribution in [0.15, 0.2) is 0 Å². The molecule has 0 aromatic heterocycles. The summed E-state index contributed by atoms with van der Waals surface area (Å²) in [6, 6.07) is 1.40. The molecule has 0 fully saturated rings. The van der Waals surface area contributed by atoms with Gasteiger partial charge in [0.1, 0.15) is 6.07 Å². The van der Waals surface area contributed by atoms with Gasteiger partial charge in [0, 0.05) is 11.8 Å². The molecule has 0 unspecified atom stereocenters. The molecule has 378 valence electrons. The van der Waals surface area contributed by atoms with Crippen LogP contribution in [0, 0.1) is 11.3 Å². The molecule has 6 nitrogen and oxygen atoms in total. The Balaban J connectivity index is -0.0000000932. The van der Waals surface area contributed by atoms with Crippen LogP contribution in [0.5, 0.6) is 0 Å². The molecule has 0 heterocycles. The van der Waals surface area contributed by atoms with Gasteiger partial charge in [-0.2, -0.15) is 62.3 Å². The lowest BCUT2D eigenvalue weighted by molar-refractivity contribution is -0.348. The molecule has 62 heavy (non-hydrogen) atoms. The molecule has 0 saturated carbocycles. The van der Waals surface area contributed by atoms with E-state index in [1.54, 1.807) is 0 Å². The summed E-state index contributed by atoms with van der Waals surface area (Å²) >= 11 is 103. The van der Waals surface area contributed by atoms with E-state index >= 15 is 0 Å². The van der Waals surface area contributed by atoms with Crippen molar-refractivity contribution in [1.82, 2.24) is 0 Å². The highest BCUT2D eigenvalue weighted by atomic mass is 35.6. The summed E-state index contributed by atoms with van der Waals surface area (Å²) < 4.78 is 147. The van der Waals surface area contributed by atoms with Gasteiger partial charge in [-0.05, 0) is 25.4 Å². The highest BCUT2D eigenvalue weighted by Crippen LogP contribution is 2.47. The predicted molar refractivity (Wildman–Crippen MR) is 227 cm³/mol. The quantitative estimate of drug-likeness (QED) is 0.149. The van der Waals surface area contributed by atoms with Crippen LogP contribution < -0.4 is 0 Å². The third-order valence-electron chi connectivity index (χ3n) is 3.07. The maximum Gasteiger partial charge on any atom is 0.490 e. The van der Waals surface area contributed by atoms with Gasteiger partial charge in [0.2, 0.25) is 9.58 Å². The van der Waals surface area contributed by atoms with Gasteiger partial charge in [0.25, 0.3) is 11.4 Å². The Bertz CT molecular complexity index is 1210. The molecule has 0 radical (unpaired) electrons. The number of nitriles is 1. The van der Waals surface area contributed by atoms with Crippen LogP contribution in [0.1, 0.15) is 13.8 Å². The Morgan fingerprint density at radius 2 is 0.790 bits per heavy atom. The fourth-order valence-electron chi connectivity index (χ4n) is 0.902. The van der Waals surface area contributed by atoms with Crippen LogP contribution in [0.4, 0.5) is 57.1 Å². The number of esters is 2. The molecule has 0 aliphatic heterocycles. The molecule has 0 bridgehead atoms. The zero-order chi connectivity index (χ0) is 53.0. The second kappa shape index (κ2) is 37.1. The van der Waals surface area contributed by atoms with Gasteiger partial charge in [-0.15, -0.1) is 69.6 Å². The Hall–Kier alpha value is 3.28. The van der Waals surface area contributed by atoms with E-state index in [2.05, 4.69) is 44.3 Å². The van der Waals surface area contributed by atoms with Crippen molar-refractivity contribution in [2.24, 2.45) is 0 Å². The summed E-state index contributed by atoms with van der Waals surface area (Å²) in [6.45, 7) is 1.31. The van der Waals surface area contributed by atoms with E-state index in [0.717, 1.165) is 6.92 Å². The zero-order valence-corrected chi connectivity index (χ0v) is 44.3. The molecule has 0 N–H and O–H groups in total. The molecule has 0 atom stereocenters. The predicted octanol–water partition coefficient (Wildman–Crippen LogP) is 17.6. The van der Waals surface area contributed by atoms with Gasteiger partial charge in [-0.25, -0.2) is 9.59 Å². The van der Waals surface area contributed by atoms with Gasteiger partial charge in [0.15, 0.2) is 4.84 Å². The number of rotatable bonds is 6. The van der Waals surface area contributed by atoms with Crippen LogP contribution in [0.25, 0.3) is 0 Å². The molecule has 0 amide bonds. The molecule has 0 aliphatic carbocycles. The molecule has 40 heteroatoms. The van der Waals surface area contributed by atoms with E-state index in [9.17, 15) is 71.5 Å². The summed E-state index contributed by atoms with van der Waals surface area (Å²) in [5.41, 5.74) is 0. The van der Waals surface area contributed by atoms with Crippen molar-refractivity contribution in [3.8, 4) is 6.07 Å². The number of hydrogen-bond donors (Lipinski definition) is 0. The maximum atomic E-state index is 12.3. The van der Waals surface area contributed by atoms with E-state index in [0.29, 0.717) is 11.8 Å². The molecule has 0 aromatic carbocycles. The first-order chi connectivity index (χ1) is 26.7. The van der Waals surface area contributed by atoms with Crippen LogP contribution in [0.3, 0.4) is 0 Å². The normalized spacial score (nSPS) is 12.2. The molecular weight excluding hydrogens is 1350 g/mol. The van der Waals surface area contributed by atoms with E-state index in [4.69, 9.17) is 214 Å². The second-order valence-corrected chi connectivity index (χ2v) is 21.4. The fourth-order valence-corrected chi connectivity index (χ4v) is 2.19. The highest BCUT2D eigenvalue weighted by Gasteiger charge is 2.77. The minimum absolute atomic E-state index is 0.194. The first-order valence-corrected chi connectivity index (χ1v) is 21.5. The third-order valence-corrected chi connectivity index (χ3v) is 7.83. The minimum Gasteiger partial charge on any atom is -0.461 e. The van der Waals surface area contributed by atoms with E-state index in [1.165, 1.54) is 13.0 Å². The van der Waals surface area contributed by atoms with Crippen LogP contribution in [0.2, 0.25) is 0 Å². The van der Waals surface area contributed by atoms with Crippen LogP contribution in [-0.4, -0.2) is 102 Å². The lowest BCUT2D eigenvalue weighted by Crippen LogP contribution is -2.56. The number of Topliss-reactive ketones (excluding diaryl/α,β-unsaturated/α-hetero) is 1. The molecule has 0 spiro atoms. The van der Waals surface area contributed by atoms with Crippen molar-refractivity contribution in [2.75, 3.05) is 30.3 Å². The molecule has 0 rings (SSSR count). The fraction of sp³-hybridized carbons (Fsp3) is 0.818. The van der Waals surface area contributed by atoms with Crippen LogP contribution >= 0.6 is 244 Å². The number of ether oxygens (including phenoxy) is 2. The van der Waals surface area contributed by atoms with E-state index in [-0.39, 0.29) is 11.9 Å². The maximum absolute atomic E-state index is 12.3. The smallest absolute Gasteiger partial charge is 0.461 e. The molecular formula is C22H17Cl21F13NO5. The van der Waals surface area contributed by atoms with Crippen molar-refractivity contribution in [3.63, 3.8) is 0 Å². The number of halogens is 34. The zero-order valence-electron chi connectivity index (χ0n) is 28.5. The SMILES string of the molecule is CCOC(=O)C(F)(F)C(F)(F)C(F)(F)F.CCOC(=O)C(F)(F)F.ClC(Cl)C(Cl)(Cl)Cl.ClCCCl.ClCCl.FC(F)(Cl)C(F)(Cl)Cl.N#CC(Cl)(Cl)Cl.O=C(C(Cl)(Cl)Cl)C(Cl)(Cl)Cl. The summed E-state index contributed by atoms with van der Waals surface area (Å²) in [6.07, 6.45) is -11.4. The van der Waals surface area contributed by atoms with Crippen molar-refractivity contribution >= 4 is 261 Å². The van der Waals surface area contributed by atoms with E-state index < -0.39 is 78.5 Å². The average Bonchev–Trinajstić information content (AvgIpc) is 3.03. The van der Waals surface area contributed by atoms with Gasteiger partial charge in [-0.3, -0.25) is 4.79 Å². The molecule has 0 aliphatic rings. The summed E-state index contributed by atoms with van der Waals surface area (Å²) in [5.74, 6) is -17.4. The summed E-state index contributed by atoms with van der Waals surface area (Å²) in [5, 5.41) is 3.73. The largest absolute Gasteiger partial charge is 0.490 e. The van der Waals surface area contributed by atoms with Crippen molar-refractivity contribution < 1.29 is 80.9 Å². The van der Waals surface area contributed by atoms with E-state index in [1.807, 2.05) is 0 Å². The Morgan fingerprint density at radius 3 is 0.871 bits per heavy atom. The van der Waals surface area contributed by atoms with Gasteiger partial charge < -0.3 is 9.47 Å². The highest BCUT2D eigenvalue weighted by molar-refractivity contribution is 6.86. The monoisotopic (exact) mass is 1360 g/mol. The summed E-state index contributed by atoms with van der Waals surface area (Å²) in [4.78, 5) is 29.7. The number of carbonyl (C=O) groups is 3. The number of carbonyl (C=O) groups excluding carboxylic acids is 3. The van der Waals surface area contributed by atoms with Gasteiger partial charge in [-0.1, -0.05) is 162 Å². The van der Waals surface area contributed by atoms with Crippen molar-refractivity contribution in [1.29, 1.82) is 5.26 Å². The standard InChI is InChI=1S/C6H5F7O2.C4H5F3O2.C3Cl6O.C2HCl5.C2Cl3F3.C2Cl3N.C2H4Cl2.CH2Cl2/c1-2-15-3(14)4(7,8)5(9,10)6(11,12)13;1-2-9-3(8)4(5,6)7;4-2(5,6)1(10)3(7,8)9;3-1(4)2(5,6)7;3-1(4,6)2(5,7)8;3-2(4,5)1-6;3-1-2-4;2-1-3/h2H2,1H3;2H2,1H3;;1H;;;1-2H2;1H2. The first kappa shape index (κ1) is 82.2. The molecule has 0 aromatic rings. The second-order valence-electron chi connectivity index (χ2n) is 7.84. The van der Waals surface area contributed by atoms with Gasteiger partial charge in [0.05, 0.1) is 18.6 Å². The lowest BCUT2D eigenvalue weighted by atomic mass is 10.1. The number of nitrogens with zero attached hydrogens (tertiary/aromatic N) is 1. The Morgan fingerprint density at radius 1 is 0.565 bits per heavy atom. The first-order valence-electron chi connectivity index (χ1n) is 12.8. The minimum atomic E-state index is -6.52.